The Balaban J connectivity index is 1.74. The minimum atomic E-state index is -1.32. The average molecular weight is 344 g/mol. The van der Waals surface area contributed by atoms with Crippen molar-refractivity contribution in [3.8, 4) is 0 Å². The summed E-state index contributed by atoms with van der Waals surface area (Å²) in [7, 11) is 0. The lowest BCUT2D eigenvalue weighted by Crippen LogP contribution is -2.69. The minimum absolute atomic E-state index is 0.0207. The summed E-state index contributed by atoms with van der Waals surface area (Å²) in [6.45, 7) is 2.38. The summed E-state index contributed by atoms with van der Waals surface area (Å²) in [6, 6.07) is 3.33. The van der Waals surface area contributed by atoms with Crippen LogP contribution in [0.4, 0.5) is 0 Å². The standard InChI is InChI=1S/C16H16N4O3S/c1-9-11-3-2-4-18(11)5-6-19(9)7-10-8-24-15-12(17)14(21)20(15)13(10)16(22)23/h2-6,12,15H,7-8,17H2,1H3/t12?,15-/m1/s1. The van der Waals surface area contributed by atoms with Crippen LogP contribution in [-0.4, -0.2) is 38.3 Å². The van der Waals surface area contributed by atoms with Crippen molar-refractivity contribution in [1.29, 1.82) is 0 Å². The highest BCUT2D eigenvalue weighted by molar-refractivity contribution is 8.00. The van der Waals surface area contributed by atoms with E-state index in [9.17, 15) is 14.7 Å². The van der Waals surface area contributed by atoms with E-state index in [4.69, 9.17) is 5.73 Å². The largest absolute Gasteiger partial charge is 0.543 e. The van der Waals surface area contributed by atoms with Crippen LogP contribution in [0.2, 0.25) is 0 Å². The fourth-order valence-corrected chi connectivity index (χ4v) is 4.59. The van der Waals surface area contributed by atoms with Crippen LogP contribution >= 0.6 is 11.8 Å². The Morgan fingerprint density at radius 2 is 2.29 bits per heavy atom. The molecule has 1 amide bonds. The molecule has 7 nitrogen and oxygen atoms in total. The summed E-state index contributed by atoms with van der Waals surface area (Å²) in [5.74, 6) is -1.16. The van der Waals surface area contributed by atoms with Gasteiger partial charge in [0.05, 0.1) is 17.9 Å². The molecule has 2 N–H and O–H groups in total. The van der Waals surface area contributed by atoms with Gasteiger partial charge in [0.25, 0.3) is 0 Å². The second kappa shape index (κ2) is 5.35. The first-order valence-electron chi connectivity index (χ1n) is 7.58. The molecule has 0 saturated carbocycles. The van der Waals surface area contributed by atoms with Crippen molar-refractivity contribution in [1.82, 2.24) is 9.30 Å². The van der Waals surface area contributed by atoms with Gasteiger partial charge < -0.3 is 20.0 Å². The summed E-state index contributed by atoms with van der Waals surface area (Å²) >= 11 is 1.50. The maximum absolute atomic E-state index is 12.0. The number of aryl methyl sites for hydroxylation is 1. The zero-order chi connectivity index (χ0) is 17.0. The normalized spacial score (nSPS) is 23.4. The fraction of sp³-hybridized carbons (Fsp3) is 0.312. The van der Waals surface area contributed by atoms with Crippen molar-refractivity contribution >= 4 is 29.2 Å². The predicted molar refractivity (Wildman–Crippen MR) is 85.4 cm³/mol. The third kappa shape index (κ3) is 2.06. The van der Waals surface area contributed by atoms with Gasteiger partial charge in [-0.1, -0.05) is 0 Å². The van der Waals surface area contributed by atoms with E-state index in [0.717, 1.165) is 11.2 Å². The molecule has 2 aromatic rings. The van der Waals surface area contributed by atoms with E-state index in [-0.39, 0.29) is 17.0 Å². The first-order valence-corrected chi connectivity index (χ1v) is 8.63. The van der Waals surface area contributed by atoms with E-state index in [1.54, 1.807) is 0 Å². The Hall–Kier alpha value is -2.32. The molecule has 0 bridgehead atoms. The summed E-state index contributed by atoms with van der Waals surface area (Å²) in [6.07, 6.45) is 5.79. The van der Waals surface area contributed by atoms with Crippen LogP contribution in [0, 0.1) is 6.92 Å². The summed E-state index contributed by atoms with van der Waals surface area (Å²) < 4.78 is 3.99. The summed E-state index contributed by atoms with van der Waals surface area (Å²) in [5, 5.41) is 11.3. The monoisotopic (exact) mass is 344 g/mol. The molecule has 124 valence electrons. The number of hydrogen-bond donors (Lipinski definition) is 1. The molecule has 24 heavy (non-hydrogen) atoms. The smallest absolute Gasteiger partial charge is 0.248 e. The highest BCUT2D eigenvalue weighted by Crippen LogP contribution is 2.39. The number of aromatic nitrogens is 2. The Morgan fingerprint density at radius 3 is 3.04 bits per heavy atom. The zero-order valence-electron chi connectivity index (χ0n) is 13.0. The van der Waals surface area contributed by atoms with Gasteiger partial charge >= 0.3 is 0 Å². The molecule has 0 spiro atoms. The number of β-lactam (4-membered cyclic amide) rings is 1. The van der Waals surface area contributed by atoms with Crippen LogP contribution < -0.4 is 15.4 Å². The Labute approximate surface area is 142 Å². The molecule has 0 aromatic carbocycles. The quantitative estimate of drug-likeness (QED) is 0.556. The second-order valence-corrected chi connectivity index (χ2v) is 7.09. The van der Waals surface area contributed by atoms with E-state index < -0.39 is 12.0 Å². The van der Waals surface area contributed by atoms with Gasteiger partial charge in [-0.15, -0.1) is 11.8 Å². The number of fused-ring (bicyclic) bond motifs is 2. The predicted octanol–water partition coefficient (Wildman–Crippen LogP) is -1.22. The molecule has 0 radical (unpaired) electrons. The maximum Gasteiger partial charge on any atom is 0.248 e. The van der Waals surface area contributed by atoms with Crippen LogP contribution in [0.5, 0.6) is 0 Å². The first kappa shape index (κ1) is 15.2. The lowest BCUT2D eigenvalue weighted by Gasteiger charge is -2.49. The highest BCUT2D eigenvalue weighted by Gasteiger charge is 2.50. The lowest BCUT2D eigenvalue weighted by atomic mass is 10.0. The van der Waals surface area contributed by atoms with Gasteiger partial charge in [0.1, 0.15) is 16.9 Å². The van der Waals surface area contributed by atoms with E-state index >= 15 is 0 Å². The van der Waals surface area contributed by atoms with Crippen LogP contribution in [0.15, 0.2) is 42.0 Å². The van der Waals surface area contributed by atoms with E-state index in [1.807, 2.05) is 46.6 Å². The number of rotatable bonds is 3. The average Bonchev–Trinajstić information content (AvgIpc) is 3.05. The third-order valence-corrected chi connectivity index (χ3v) is 5.99. The maximum atomic E-state index is 12.0. The molecule has 4 rings (SSSR count). The van der Waals surface area contributed by atoms with Crippen molar-refractivity contribution in [2.45, 2.75) is 24.9 Å². The van der Waals surface area contributed by atoms with Crippen molar-refractivity contribution in [2.24, 2.45) is 5.73 Å². The molecular formula is C16H16N4O3S. The number of thioether (sulfide) groups is 1. The molecule has 2 aliphatic rings. The molecule has 2 aromatic heterocycles. The number of carboxylic acid groups (broad SMARTS) is 1. The Bertz CT molecular complexity index is 904. The number of carbonyl (C=O) groups excluding carboxylic acids is 2. The first-order chi connectivity index (χ1) is 11.5. The summed E-state index contributed by atoms with van der Waals surface area (Å²) in [4.78, 5) is 24.9. The Kier molecular flexibility index (Phi) is 3.40. The molecule has 4 heterocycles. The third-order valence-electron chi connectivity index (χ3n) is 4.63. The number of nitrogens with zero attached hydrogens (tertiary/aromatic N) is 3. The van der Waals surface area contributed by atoms with Gasteiger partial charge in [-0.2, -0.15) is 4.57 Å². The number of aliphatic carboxylic acids is 1. The van der Waals surface area contributed by atoms with Crippen LogP contribution in [0.25, 0.3) is 5.52 Å². The van der Waals surface area contributed by atoms with Crippen molar-refractivity contribution in [2.75, 3.05) is 5.75 Å². The number of carboxylic acids is 1. The van der Waals surface area contributed by atoms with Gasteiger partial charge in [0.15, 0.2) is 12.7 Å². The number of hydrogen-bond acceptors (Lipinski definition) is 5. The minimum Gasteiger partial charge on any atom is -0.543 e. The highest BCUT2D eigenvalue weighted by atomic mass is 32.2. The topological polar surface area (TPSA) is 94.8 Å². The fourth-order valence-electron chi connectivity index (χ4n) is 3.31. The van der Waals surface area contributed by atoms with Crippen LogP contribution in [0.3, 0.4) is 0 Å². The summed E-state index contributed by atoms with van der Waals surface area (Å²) in [5.41, 5.74) is 8.47. The van der Waals surface area contributed by atoms with Crippen LogP contribution in [0.1, 0.15) is 5.69 Å². The van der Waals surface area contributed by atoms with Crippen molar-refractivity contribution < 1.29 is 19.3 Å². The van der Waals surface area contributed by atoms with Gasteiger partial charge in [0.2, 0.25) is 11.6 Å². The molecule has 1 fully saturated rings. The zero-order valence-corrected chi connectivity index (χ0v) is 13.8. The second-order valence-electron chi connectivity index (χ2n) is 5.99. The molecule has 1 unspecified atom stereocenters. The molecule has 1 saturated heterocycles. The molecule has 2 aliphatic heterocycles. The number of amides is 1. The SMILES string of the molecule is Cc1c2cccn2cc[n+]1CC1=C(C(=O)[O-])N2C(=O)C(N)[C@H]2SC1. The van der Waals surface area contributed by atoms with Crippen LogP contribution in [-0.2, 0) is 16.1 Å². The van der Waals surface area contributed by atoms with Gasteiger partial charge in [0, 0.05) is 24.4 Å². The lowest BCUT2D eigenvalue weighted by molar-refractivity contribution is -0.694. The van der Waals surface area contributed by atoms with E-state index in [1.165, 1.54) is 16.7 Å². The van der Waals surface area contributed by atoms with Gasteiger partial charge in [-0.05, 0) is 12.1 Å². The number of nitrogens with two attached hydrogens (primary N) is 1. The van der Waals surface area contributed by atoms with Crippen molar-refractivity contribution in [3.63, 3.8) is 0 Å². The Morgan fingerprint density at radius 1 is 1.50 bits per heavy atom. The van der Waals surface area contributed by atoms with E-state index in [2.05, 4.69) is 0 Å². The van der Waals surface area contributed by atoms with Crippen molar-refractivity contribution in [3.05, 3.63) is 47.7 Å². The number of carbonyl (C=O) groups is 2. The molecule has 2 atom stereocenters. The molecular weight excluding hydrogens is 328 g/mol. The van der Waals surface area contributed by atoms with Gasteiger partial charge in [-0.3, -0.25) is 9.69 Å². The van der Waals surface area contributed by atoms with E-state index in [0.29, 0.717) is 17.9 Å². The molecule has 8 heteroatoms. The molecule has 0 aliphatic carbocycles. The van der Waals surface area contributed by atoms with Gasteiger partial charge in [-0.25, -0.2) is 0 Å².